The number of hydrogen-bond donors (Lipinski definition) is 5. The molecule has 0 unspecified atom stereocenters. The van der Waals surface area contributed by atoms with Crippen molar-refractivity contribution in [3.63, 3.8) is 0 Å². The summed E-state index contributed by atoms with van der Waals surface area (Å²) in [5, 5.41) is 2.58. The zero-order valence-electron chi connectivity index (χ0n) is 7.28. The van der Waals surface area contributed by atoms with E-state index in [1.54, 1.807) is 12.2 Å². The van der Waals surface area contributed by atoms with Gasteiger partial charge in [0.1, 0.15) is 0 Å². The third-order valence-corrected chi connectivity index (χ3v) is 1.84. The first-order valence-electron chi connectivity index (χ1n) is 3.81. The number of amides is 2. The molecule has 0 aromatic carbocycles. The minimum absolute atomic E-state index is 0.693. The second-order valence-corrected chi connectivity index (χ2v) is 2.62. The molecule has 1 aliphatic rings. The molecular weight excluding hydrogens is 186 g/mol. The van der Waals surface area contributed by atoms with Gasteiger partial charge < -0.3 is 5.32 Å². The summed E-state index contributed by atoms with van der Waals surface area (Å²) in [6.45, 7) is 0. The van der Waals surface area contributed by atoms with Gasteiger partial charge >= 0.3 is 0 Å². The Kier molecular flexibility index (Phi) is 2.85. The van der Waals surface area contributed by atoms with Gasteiger partial charge in [-0.2, -0.15) is 0 Å². The molecule has 1 rings (SSSR count). The molecule has 0 atom stereocenters. The van der Waals surface area contributed by atoms with E-state index in [4.69, 9.17) is 11.7 Å². The van der Waals surface area contributed by atoms with Gasteiger partial charge in [0.2, 0.25) is 5.54 Å². The van der Waals surface area contributed by atoms with Crippen LogP contribution in [-0.2, 0) is 9.59 Å². The van der Waals surface area contributed by atoms with E-state index in [0.29, 0.717) is 0 Å². The van der Waals surface area contributed by atoms with Crippen LogP contribution < -0.4 is 27.9 Å². The van der Waals surface area contributed by atoms with E-state index >= 15 is 0 Å². The predicted octanol–water partition coefficient (Wildman–Crippen LogP) is -2.62. The van der Waals surface area contributed by atoms with Gasteiger partial charge in [0, 0.05) is 0 Å². The fraction of sp³-hybridized carbons (Fsp3) is 0.143. The van der Waals surface area contributed by atoms with Gasteiger partial charge in [0.15, 0.2) is 0 Å². The number of nitrogens with two attached hydrogens (primary N) is 2. The Balaban J connectivity index is 3.02. The van der Waals surface area contributed by atoms with Crippen molar-refractivity contribution >= 4 is 11.8 Å². The zero-order valence-corrected chi connectivity index (χ0v) is 7.28. The predicted molar refractivity (Wildman–Crippen MR) is 48.8 cm³/mol. The van der Waals surface area contributed by atoms with E-state index < -0.39 is 17.4 Å². The molecule has 7 heteroatoms. The van der Waals surface area contributed by atoms with E-state index in [2.05, 4.69) is 5.32 Å². The second-order valence-electron chi connectivity index (χ2n) is 2.62. The molecule has 0 fully saturated rings. The molecular formula is C7H11N5O2. The van der Waals surface area contributed by atoms with Crippen LogP contribution in [-0.4, -0.2) is 17.4 Å². The van der Waals surface area contributed by atoms with Crippen LogP contribution in [0, 0.1) is 0 Å². The molecule has 0 saturated carbocycles. The number of carbonyl (C=O) groups excluding carboxylic acids is 2. The summed E-state index contributed by atoms with van der Waals surface area (Å²) < 4.78 is 0. The van der Waals surface area contributed by atoms with E-state index in [-0.39, 0.29) is 0 Å². The molecule has 0 spiro atoms. The Morgan fingerprint density at radius 3 is 2.07 bits per heavy atom. The second kappa shape index (κ2) is 3.90. The third kappa shape index (κ3) is 1.45. The van der Waals surface area contributed by atoms with Gasteiger partial charge in [-0.25, -0.2) is 11.7 Å². The van der Waals surface area contributed by atoms with Crippen LogP contribution in [0.15, 0.2) is 24.4 Å². The lowest BCUT2D eigenvalue weighted by Gasteiger charge is -2.28. The average Bonchev–Trinajstić information content (AvgIpc) is 2.27. The number of dihydropyridines is 1. The molecule has 0 saturated heterocycles. The van der Waals surface area contributed by atoms with Crippen molar-refractivity contribution in [3.05, 3.63) is 24.4 Å². The van der Waals surface area contributed by atoms with Crippen LogP contribution in [0.4, 0.5) is 0 Å². The fourth-order valence-corrected chi connectivity index (χ4v) is 1.10. The quantitative estimate of drug-likeness (QED) is 0.143. The summed E-state index contributed by atoms with van der Waals surface area (Å²) in [4.78, 5) is 22.8. The fourth-order valence-electron chi connectivity index (χ4n) is 1.10. The molecule has 76 valence electrons. The maximum absolute atomic E-state index is 11.4. The zero-order chi connectivity index (χ0) is 10.6. The smallest absolute Gasteiger partial charge is 0.273 e. The lowest BCUT2D eigenvalue weighted by Crippen LogP contribution is -2.65. The van der Waals surface area contributed by atoms with Crippen LogP contribution >= 0.6 is 0 Å². The van der Waals surface area contributed by atoms with Crippen molar-refractivity contribution in [3.8, 4) is 0 Å². The summed E-state index contributed by atoms with van der Waals surface area (Å²) in [5.41, 5.74) is 2.20. The van der Waals surface area contributed by atoms with Crippen molar-refractivity contribution in [2.45, 2.75) is 5.54 Å². The van der Waals surface area contributed by atoms with E-state index in [1.807, 2.05) is 10.9 Å². The Bertz CT molecular complexity index is 293. The third-order valence-electron chi connectivity index (χ3n) is 1.84. The number of hydrazine groups is 2. The Labute approximate surface area is 80.1 Å². The maximum Gasteiger partial charge on any atom is 0.273 e. The summed E-state index contributed by atoms with van der Waals surface area (Å²) in [7, 11) is 0. The minimum atomic E-state index is -1.57. The highest BCUT2D eigenvalue weighted by molar-refractivity contribution is 6.12. The van der Waals surface area contributed by atoms with Gasteiger partial charge in [-0.1, -0.05) is 6.08 Å². The first-order valence-corrected chi connectivity index (χ1v) is 3.81. The molecule has 1 heterocycles. The van der Waals surface area contributed by atoms with Gasteiger partial charge in [-0.3, -0.25) is 20.4 Å². The van der Waals surface area contributed by atoms with Crippen molar-refractivity contribution < 1.29 is 9.59 Å². The Morgan fingerprint density at radius 1 is 1.14 bits per heavy atom. The number of carbonyl (C=O) groups is 2. The van der Waals surface area contributed by atoms with E-state index in [9.17, 15) is 9.59 Å². The molecule has 0 radical (unpaired) electrons. The summed E-state index contributed by atoms with van der Waals surface area (Å²) in [5.74, 6) is 8.54. The van der Waals surface area contributed by atoms with Gasteiger partial charge in [0.05, 0.1) is 0 Å². The standard InChI is InChI=1S/C7H11N5O2/c8-11-5(13)7(6(14)12-9)3-1-2-4-10-7/h1-4,10H,8-9H2,(H,11,13)(H,12,14). The highest BCUT2D eigenvalue weighted by Crippen LogP contribution is 2.11. The minimum Gasteiger partial charge on any atom is -0.366 e. The van der Waals surface area contributed by atoms with Gasteiger partial charge in [-0.15, -0.1) is 0 Å². The molecule has 7 nitrogen and oxygen atoms in total. The normalized spacial score (nSPS) is 17.0. The first kappa shape index (κ1) is 10.2. The van der Waals surface area contributed by atoms with Crippen LogP contribution in [0.5, 0.6) is 0 Å². The van der Waals surface area contributed by atoms with Crippen LogP contribution in [0.1, 0.15) is 0 Å². The molecule has 0 aromatic heterocycles. The molecule has 1 aliphatic heterocycles. The van der Waals surface area contributed by atoms with Crippen molar-refractivity contribution in [2.24, 2.45) is 11.7 Å². The van der Waals surface area contributed by atoms with E-state index in [1.165, 1.54) is 12.3 Å². The van der Waals surface area contributed by atoms with Crippen molar-refractivity contribution in [2.75, 3.05) is 0 Å². The SMILES string of the molecule is NNC(=O)C1(C(=O)NN)C=CC=CN1. The van der Waals surface area contributed by atoms with Crippen LogP contribution in [0.3, 0.4) is 0 Å². The summed E-state index contributed by atoms with van der Waals surface area (Å²) >= 11 is 0. The molecule has 14 heavy (non-hydrogen) atoms. The van der Waals surface area contributed by atoms with Crippen molar-refractivity contribution in [1.82, 2.24) is 16.2 Å². The largest absolute Gasteiger partial charge is 0.366 e. The lowest BCUT2D eigenvalue weighted by atomic mass is 9.95. The lowest BCUT2D eigenvalue weighted by molar-refractivity contribution is -0.136. The highest BCUT2D eigenvalue weighted by Gasteiger charge is 2.43. The monoisotopic (exact) mass is 197 g/mol. The van der Waals surface area contributed by atoms with Crippen LogP contribution in [0.25, 0.3) is 0 Å². The summed E-state index contributed by atoms with van der Waals surface area (Å²) in [6, 6.07) is 0. The molecule has 2 amide bonds. The van der Waals surface area contributed by atoms with E-state index in [0.717, 1.165) is 0 Å². The Morgan fingerprint density at radius 2 is 1.71 bits per heavy atom. The maximum atomic E-state index is 11.4. The topological polar surface area (TPSA) is 122 Å². The molecule has 0 aromatic rings. The number of rotatable bonds is 2. The number of hydrogen-bond acceptors (Lipinski definition) is 5. The van der Waals surface area contributed by atoms with Gasteiger partial charge in [0.25, 0.3) is 11.8 Å². The average molecular weight is 197 g/mol. The molecule has 0 bridgehead atoms. The highest BCUT2D eigenvalue weighted by atomic mass is 16.2. The van der Waals surface area contributed by atoms with Gasteiger partial charge in [-0.05, 0) is 18.4 Å². The first-order chi connectivity index (χ1) is 6.67. The van der Waals surface area contributed by atoms with Crippen molar-refractivity contribution in [1.29, 1.82) is 0 Å². The van der Waals surface area contributed by atoms with Crippen LogP contribution in [0.2, 0.25) is 0 Å². The molecule has 7 N–H and O–H groups in total. The summed E-state index contributed by atoms with van der Waals surface area (Å²) in [6.07, 6.45) is 5.98. The number of allylic oxidation sites excluding steroid dienone is 2. The molecule has 0 aliphatic carbocycles. The Hall–Kier alpha value is -1.86. The number of nitrogens with one attached hydrogen (secondary N) is 3.